The number of carbonyl (C=O) groups excluding carboxylic acids is 2. The van der Waals surface area contributed by atoms with Crippen molar-refractivity contribution in [2.75, 3.05) is 66.1 Å². The minimum atomic E-state index is -0.346. The summed E-state index contributed by atoms with van der Waals surface area (Å²) in [4.78, 5) is 25.1. The van der Waals surface area contributed by atoms with E-state index in [9.17, 15) is 9.59 Å². The number of hydrogen-bond acceptors (Lipinski definition) is 8. The van der Waals surface area contributed by atoms with E-state index >= 15 is 0 Å². The highest BCUT2D eigenvalue weighted by molar-refractivity contribution is 5.92. The highest BCUT2D eigenvalue weighted by Gasteiger charge is 2.37. The molecule has 230 valence electrons. The Kier molecular flexibility index (Phi) is 12.4. The minimum Gasteiger partial charge on any atom is -0.462 e. The van der Waals surface area contributed by atoms with Gasteiger partial charge in [-0.2, -0.15) is 0 Å². The van der Waals surface area contributed by atoms with E-state index in [2.05, 4.69) is 13.8 Å². The van der Waals surface area contributed by atoms with Crippen molar-refractivity contribution in [1.82, 2.24) is 0 Å². The first-order valence-electron chi connectivity index (χ1n) is 15.3. The van der Waals surface area contributed by atoms with Gasteiger partial charge in [0.2, 0.25) is 0 Å². The van der Waals surface area contributed by atoms with Crippen LogP contribution >= 0.6 is 0 Å². The summed E-state index contributed by atoms with van der Waals surface area (Å²) >= 11 is 0. The standard InChI is InChI=1S/C34H46O8/c1-3-33(23-39-24-33)21-37-16-5-7-18-41-31(35)28-14-12-27(13-15-28)29-10-9-11-30(20-29)32(36)42-19-8-6-17-38-22-34(4-2)25-40-26-34/h9-15,20H,3-8,16-19,21-26H2,1-2H3. The number of unbranched alkanes of at least 4 members (excludes halogenated alkanes) is 2. The van der Waals surface area contributed by atoms with E-state index in [1.54, 1.807) is 18.2 Å². The fourth-order valence-corrected chi connectivity index (χ4v) is 4.87. The lowest BCUT2D eigenvalue weighted by Crippen LogP contribution is -2.45. The minimum absolute atomic E-state index is 0.195. The average molecular weight is 583 g/mol. The number of rotatable bonds is 19. The molecule has 42 heavy (non-hydrogen) atoms. The van der Waals surface area contributed by atoms with Gasteiger partial charge in [-0.1, -0.05) is 38.1 Å². The van der Waals surface area contributed by atoms with Crippen LogP contribution in [0.5, 0.6) is 0 Å². The Hall–Kier alpha value is -2.78. The molecular weight excluding hydrogens is 536 g/mol. The second-order valence-electron chi connectivity index (χ2n) is 11.6. The number of esters is 2. The van der Waals surface area contributed by atoms with E-state index in [0.29, 0.717) is 37.6 Å². The fourth-order valence-electron chi connectivity index (χ4n) is 4.87. The zero-order valence-electron chi connectivity index (χ0n) is 25.2. The Morgan fingerprint density at radius 3 is 1.62 bits per heavy atom. The summed E-state index contributed by atoms with van der Waals surface area (Å²) in [5.41, 5.74) is 3.16. The largest absolute Gasteiger partial charge is 0.462 e. The molecule has 0 unspecified atom stereocenters. The normalized spacial score (nSPS) is 16.7. The van der Waals surface area contributed by atoms with Crippen molar-refractivity contribution in [2.45, 2.75) is 52.4 Å². The van der Waals surface area contributed by atoms with E-state index in [1.807, 2.05) is 30.3 Å². The first-order valence-corrected chi connectivity index (χ1v) is 15.3. The van der Waals surface area contributed by atoms with E-state index in [0.717, 1.165) is 89.3 Å². The van der Waals surface area contributed by atoms with Crippen LogP contribution in [0.25, 0.3) is 11.1 Å². The van der Waals surface area contributed by atoms with Crippen molar-refractivity contribution < 1.29 is 38.0 Å². The van der Waals surface area contributed by atoms with Crippen molar-refractivity contribution in [3.05, 3.63) is 59.7 Å². The Morgan fingerprint density at radius 2 is 1.14 bits per heavy atom. The molecule has 0 atom stereocenters. The van der Waals surface area contributed by atoms with Crippen LogP contribution in [0.3, 0.4) is 0 Å². The monoisotopic (exact) mass is 582 g/mol. The van der Waals surface area contributed by atoms with Gasteiger partial charge in [0.15, 0.2) is 0 Å². The van der Waals surface area contributed by atoms with Gasteiger partial charge in [-0.15, -0.1) is 0 Å². The molecule has 0 spiro atoms. The molecular formula is C34H46O8. The SMILES string of the molecule is CCC1(COCCCCOC(=O)c2ccc(-c3cccc(C(=O)OCCCCOCC4(CC)COC4)c3)cc2)COC1. The molecule has 0 amide bonds. The lowest BCUT2D eigenvalue weighted by molar-refractivity contribution is -0.150. The third kappa shape index (κ3) is 9.11. The first kappa shape index (κ1) is 32.1. The summed E-state index contributed by atoms with van der Waals surface area (Å²) in [5.74, 6) is -0.689. The summed E-state index contributed by atoms with van der Waals surface area (Å²) in [6, 6.07) is 14.5. The van der Waals surface area contributed by atoms with Crippen LogP contribution in [0.1, 0.15) is 73.1 Å². The third-order valence-corrected chi connectivity index (χ3v) is 8.33. The number of hydrogen-bond donors (Lipinski definition) is 0. The van der Waals surface area contributed by atoms with E-state index in [4.69, 9.17) is 28.4 Å². The van der Waals surface area contributed by atoms with Crippen LogP contribution in [0.15, 0.2) is 48.5 Å². The quantitative estimate of drug-likeness (QED) is 0.145. The number of ether oxygens (including phenoxy) is 6. The summed E-state index contributed by atoms with van der Waals surface area (Å²) in [5, 5.41) is 0. The zero-order chi connectivity index (χ0) is 29.7. The topological polar surface area (TPSA) is 89.5 Å². The van der Waals surface area contributed by atoms with Crippen LogP contribution in [-0.4, -0.2) is 78.0 Å². The van der Waals surface area contributed by atoms with Crippen molar-refractivity contribution in [1.29, 1.82) is 0 Å². The maximum atomic E-state index is 12.6. The lowest BCUT2D eigenvalue weighted by atomic mass is 9.84. The molecule has 2 aliphatic rings. The maximum Gasteiger partial charge on any atom is 0.338 e. The molecule has 2 fully saturated rings. The van der Waals surface area contributed by atoms with Gasteiger partial charge in [-0.3, -0.25) is 0 Å². The summed E-state index contributed by atoms with van der Waals surface area (Å²) in [6.45, 7) is 11.0. The van der Waals surface area contributed by atoms with Gasteiger partial charge in [0, 0.05) is 24.0 Å². The molecule has 0 bridgehead atoms. The van der Waals surface area contributed by atoms with Gasteiger partial charge < -0.3 is 28.4 Å². The van der Waals surface area contributed by atoms with E-state index in [1.165, 1.54) is 0 Å². The van der Waals surface area contributed by atoms with Crippen LogP contribution < -0.4 is 0 Å². The molecule has 0 N–H and O–H groups in total. The zero-order valence-corrected chi connectivity index (χ0v) is 25.2. The van der Waals surface area contributed by atoms with E-state index < -0.39 is 0 Å². The fraction of sp³-hybridized carbons (Fsp3) is 0.588. The van der Waals surface area contributed by atoms with Crippen molar-refractivity contribution in [3.63, 3.8) is 0 Å². The third-order valence-electron chi connectivity index (χ3n) is 8.33. The average Bonchev–Trinajstić information content (AvgIpc) is 2.98. The molecule has 0 aliphatic carbocycles. The van der Waals surface area contributed by atoms with Crippen LogP contribution in [-0.2, 0) is 28.4 Å². The molecule has 0 saturated carbocycles. The predicted molar refractivity (Wildman–Crippen MR) is 160 cm³/mol. The summed E-state index contributed by atoms with van der Waals surface area (Å²) in [6.07, 6.45) is 5.32. The molecule has 8 nitrogen and oxygen atoms in total. The molecule has 2 aliphatic heterocycles. The van der Waals surface area contributed by atoms with Gasteiger partial charge in [-0.05, 0) is 73.9 Å². The molecule has 2 aromatic rings. The van der Waals surface area contributed by atoms with Gasteiger partial charge in [0.1, 0.15) is 0 Å². The van der Waals surface area contributed by atoms with Gasteiger partial charge in [0.05, 0.1) is 64.0 Å². The highest BCUT2D eigenvalue weighted by atomic mass is 16.5. The Balaban J connectivity index is 1.11. The second kappa shape index (κ2) is 16.2. The predicted octanol–water partition coefficient (Wildman–Crippen LogP) is 6.11. The highest BCUT2D eigenvalue weighted by Crippen LogP contribution is 2.32. The van der Waals surface area contributed by atoms with Crippen LogP contribution in [0, 0.1) is 10.8 Å². The molecule has 0 radical (unpaired) electrons. The maximum absolute atomic E-state index is 12.6. The second-order valence-corrected chi connectivity index (χ2v) is 11.6. The van der Waals surface area contributed by atoms with Gasteiger partial charge >= 0.3 is 11.9 Å². The number of benzene rings is 2. The van der Waals surface area contributed by atoms with Crippen LogP contribution in [0.2, 0.25) is 0 Å². The Labute approximate surface area is 250 Å². The molecule has 0 aromatic heterocycles. The molecule has 2 saturated heterocycles. The van der Waals surface area contributed by atoms with Crippen molar-refractivity contribution in [3.8, 4) is 11.1 Å². The first-order chi connectivity index (χ1) is 20.5. The van der Waals surface area contributed by atoms with Crippen LogP contribution in [0.4, 0.5) is 0 Å². The number of carbonyl (C=O) groups is 2. The van der Waals surface area contributed by atoms with E-state index in [-0.39, 0.29) is 22.8 Å². The summed E-state index contributed by atoms with van der Waals surface area (Å²) < 4.78 is 33.2. The van der Waals surface area contributed by atoms with Gasteiger partial charge in [-0.25, -0.2) is 9.59 Å². The smallest absolute Gasteiger partial charge is 0.338 e. The Bertz CT molecular complexity index is 1110. The lowest BCUT2D eigenvalue weighted by Gasteiger charge is -2.40. The molecule has 2 heterocycles. The van der Waals surface area contributed by atoms with Crippen molar-refractivity contribution in [2.24, 2.45) is 10.8 Å². The van der Waals surface area contributed by atoms with Crippen molar-refractivity contribution >= 4 is 11.9 Å². The molecule has 8 heteroatoms. The summed E-state index contributed by atoms with van der Waals surface area (Å²) in [7, 11) is 0. The Morgan fingerprint density at radius 1 is 0.643 bits per heavy atom. The molecule has 4 rings (SSSR count). The van der Waals surface area contributed by atoms with Gasteiger partial charge in [0.25, 0.3) is 0 Å². The molecule has 2 aromatic carbocycles.